The zero-order valence-electron chi connectivity index (χ0n) is 15.5. The van der Waals surface area contributed by atoms with Gasteiger partial charge in [0.25, 0.3) is 0 Å². The summed E-state index contributed by atoms with van der Waals surface area (Å²) in [5.41, 5.74) is 2.14. The zero-order valence-corrected chi connectivity index (χ0v) is 15.5. The van der Waals surface area contributed by atoms with Gasteiger partial charge in [-0.15, -0.1) is 0 Å². The fourth-order valence-corrected chi connectivity index (χ4v) is 4.00. The number of rotatable bonds is 4. The predicted octanol–water partition coefficient (Wildman–Crippen LogP) is 3.28. The summed E-state index contributed by atoms with van der Waals surface area (Å²) < 4.78 is 0. The molecular formula is C20H29N3O2. The third kappa shape index (κ3) is 3.97. The van der Waals surface area contributed by atoms with Crippen LogP contribution in [0.3, 0.4) is 0 Å². The molecule has 1 aromatic carbocycles. The molecule has 1 aromatic rings. The zero-order chi connectivity index (χ0) is 18.0. The van der Waals surface area contributed by atoms with Crippen molar-refractivity contribution in [2.45, 2.75) is 71.1 Å². The van der Waals surface area contributed by atoms with Gasteiger partial charge < -0.3 is 15.1 Å². The maximum Gasteiger partial charge on any atom is 0.318 e. The highest BCUT2D eigenvalue weighted by Gasteiger charge is 2.40. The summed E-state index contributed by atoms with van der Waals surface area (Å²) in [5, 5.41) is 3.05. The van der Waals surface area contributed by atoms with E-state index in [0.717, 1.165) is 36.9 Å². The van der Waals surface area contributed by atoms with E-state index in [-0.39, 0.29) is 23.5 Å². The Kier molecular flexibility index (Phi) is 5.02. The molecule has 5 heteroatoms. The minimum absolute atomic E-state index is 0.0155. The SMILES string of the molecule is CC1CCC(C)(C)N1C(=O)NCc1ccc(CN2CCCC2=O)cc1. The van der Waals surface area contributed by atoms with Crippen LogP contribution in [0.1, 0.15) is 57.6 Å². The largest absolute Gasteiger partial charge is 0.338 e. The lowest BCUT2D eigenvalue weighted by Crippen LogP contribution is -2.50. The van der Waals surface area contributed by atoms with Crippen LogP contribution in [-0.2, 0) is 17.9 Å². The van der Waals surface area contributed by atoms with E-state index < -0.39 is 0 Å². The first kappa shape index (κ1) is 17.8. The van der Waals surface area contributed by atoms with Crippen molar-refractivity contribution < 1.29 is 9.59 Å². The Balaban J connectivity index is 1.53. The maximum absolute atomic E-state index is 12.5. The standard InChI is InChI=1S/C20H29N3O2/c1-15-10-11-20(2,3)23(15)19(25)21-13-16-6-8-17(9-7-16)14-22-12-4-5-18(22)24/h6-9,15H,4-5,10-14H2,1-3H3,(H,21,25). The molecule has 0 spiro atoms. The highest BCUT2D eigenvalue weighted by atomic mass is 16.2. The second-order valence-corrected chi connectivity index (χ2v) is 7.96. The minimum Gasteiger partial charge on any atom is -0.338 e. The minimum atomic E-state index is -0.0738. The molecule has 2 heterocycles. The molecule has 136 valence electrons. The molecule has 1 unspecified atom stereocenters. The molecule has 25 heavy (non-hydrogen) atoms. The number of urea groups is 1. The van der Waals surface area contributed by atoms with Crippen molar-refractivity contribution in [2.75, 3.05) is 6.54 Å². The van der Waals surface area contributed by atoms with E-state index in [9.17, 15) is 9.59 Å². The summed E-state index contributed by atoms with van der Waals surface area (Å²) in [6.07, 6.45) is 3.75. The third-order valence-electron chi connectivity index (χ3n) is 5.50. The van der Waals surface area contributed by atoms with Crippen LogP contribution in [-0.4, -0.2) is 39.9 Å². The summed E-state index contributed by atoms with van der Waals surface area (Å²) >= 11 is 0. The maximum atomic E-state index is 12.5. The summed E-state index contributed by atoms with van der Waals surface area (Å²) in [5.74, 6) is 0.249. The van der Waals surface area contributed by atoms with E-state index in [2.05, 4.69) is 38.2 Å². The second-order valence-electron chi connectivity index (χ2n) is 7.96. The molecule has 0 radical (unpaired) electrons. The molecule has 2 saturated heterocycles. The Labute approximate surface area is 150 Å². The van der Waals surface area contributed by atoms with Crippen molar-refractivity contribution in [1.29, 1.82) is 0 Å². The van der Waals surface area contributed by atoms with Crippen molar-refractivity contribution in [3.8, 4) is 0 Å². The topological polar surface area (TPSA) is 52.7 Å². The molecule has 3 rings (SSSR count). The molecule has 0 aliphatic carbocycles. The van der Waals surface area contributed by atoms with E-state index in [1.807, 2.05) is 21.9 Å². The molecular weight excluding hydrogens is 314 g/mol. The lowest BCUT2D eigenvalue weighted by atomic mass is 10.0. The summed E-state index contributed by atoms with van der Waals surface area (Å²) in [4.78, 5) is 28.1. The van der Waals surface area contributed by atoms with Crippen LogP contribution < -0.4 is 5.32 Å². The normalized spacial score (nSPS) is 22.5. The molecule has 5 nitrogen and oxygen atoms in total. The predicted molar refractivity (Wildman–Crippen MR) is 97.9 cm³/mol. The number of carbonyl (C=O) groups is 2. The van der Waals surface area contributed by atoms with Crippen LogP contribution >= 0.6 is 0 Å². The van der Waals surface area contributed by atoms with Crippen LogP contribution in [0.5, 0.6) is 0 Å². The Hall–Kier alpha value is -2.04. The first-order chi connectivity index (χ1) is 11.9. The Morgan fingerprint density at radius 3 is 2.48 bits per heavy atom. The Morgan fingerprint density at radius 1 is 1.24 bits per heavy atom. The summed E-state index contributed by atoms with van der Waals surface area (Å²) in [7, 11) is 0. The lowest BCUT2D eigenvalue weighted by Gasteiger charge is -2.34. The van der Waals surface area contributed by atoms with Gasteiger partial charge in [-0.25, -0.2) is 4.79 Å². The fourth-order valence-electron chi connectivity index (χ4n) is 4.00. The van der Waals surface area contributed by atoms with Gasteiger partial charge in [-0.05, 0) is 51.2 Å². The van der Waals surface area contributed by atoms with Gasteiger partial charge in [-0.3, -0.25) is 4.79 Å². The molecule has 0 aromatic heterocycles. The monoisotopic (exact) mass is 343 g/mol. The number of nitrogens with zero attached hydrogens (tertiary/aromatic N) is 2. The van der Waals surface area contributed by atoms with Crippen molar-refractivity contribution in [1.82, 2.24) is 15.1 Å². The van der Waals surface area contributed by atoms with Gasteiger partial charge in [0.05, 0.1) is 0 Å². The number of nitrogens with one attached hydrogen (secondary N) is 1. The second kappa shape index (κ2) is 7.06. The summed E-state index contributed by atoms with van der Waals surface area (Å²) in [6, 6.07) is 8.48. The van der Waals surface area contributed by atoms with Crippen LogP contribution in [0.15, 0.2) is 24.3 Å². The number of benzene rings is 1. The van der Waals surface area contributed by atoms with E-state index in [0.29, 0.717) is 19.5 Å². The van der Waals surface area contributed by atoms with E-state index in [1.165, 1.54) is 0 Å². The molecule has 2 fully saturated rings. The van der Waals surface area contributed by atoms with E-state index in [4.69, 9.17) is 0 Å². The highest BCUT2D eigenvalue weighted by molar-refractivity contribution is 5.78. The van der Waals surface area contributed by atoms with Crippen LogP contribution in [0.4, 0.5) is 4.79 Å². The summed E-state index contributed by atoms with van der Waals surface area (Å²) in [6.45, 7) is 8.45. The van der Waals surface area contributed by atoms with Gasteiger partial charge in [0.15, 0.2) is 0 Å². The van der Waals surface area contributed by atoms with Crippen LogP contribution in [0, 0.1) is 0 Å². The highest BCUT2D eigenvalue weighted by Crippen LogP contribution is 2.33. The van der Waals surface area contributed by atoms with Gasteiger partial charge in [-0.2, -0.15) is 0 Å². The average molecular weight is 343 g/mol. The van der Waals surface area contributed by atoms with Gasteiger partial charge in [-0.1, -0.05) is 24.3 Å². The van der Waals surface area contributed by atoms with Crippen molar-refractivity contribution >= 4 is 11.9 Å². The van der Waals surface area contributed by atoms with Gasteiger partial charge in [0.1, 0.15) is 0 Å². The molecule has 3 amide bonds. The quantitative estimate of drug-likeness (QED) is 0.912. The van der Waals surface area contributed by atoms with Gasteiger partial charge >= 0.3 is 6.03 Å². The Bertz CT molecular complexity index is 639. The third-order valence-corrected chi connectivity index (χ3v) is 5.50. The number of hydrogen-bond acceptors (Lipinski definition) is 2. The van der Waals surface area contributed by atoms with Gasteiger partial charge in [0.2, 0.25) is 5.91 Å². The number of amides is 3. The van der Waals surface area contributed by atoms with Crippen molar-refractivity contribution in [3.05, 3.63) is 35.4 Å². The van der Waals surface area contributed by atoms with Crippen molar-refractivity contribution in [2.24, 2.45) is 0 Å². The van der Waals surface area contributed by atoms with Crippen LogP contribution in [0.2, 0.25) is 0 Å². The van der Waals surface area contributed by atoms with E-state index >= 15 is 0 Å². The first-order valence-electron chi connectivity index (χ1n) is 9.29. The molecule has 2 aliphatic heterocycles. The number of carbonyl (C=O) groups excluding carboxylic acids is 2. The number of likely N-dealkylation sites (tertiary alicyclic amines) is 2. The molecule has 2 aliphatic rings. The Morgan fingerprint density at radius 2 is 1.92 bits per heavy atom. The van der Waals surface area contributed by atoms with Gasteiger partial charge in [0, 0.05) is 37.6 Å². The lowest BCUT2D eigenvalue weighted by molar-refractivity contribution is -0.128. The molecule has 1 atom stereocenters. The van der Waals surface area contributed by atoms with Crippen molar-refractivity contribution in [3.63, 3.8) is 0 Å². The fraction of sp³-hybridized carbons (Fsp3) is 0.600. The molecule has 0 saturated carbocycles. The molecule has 0 bridgehead atoms. The number of hydrogen-bond donors (Lipinski definition) is 1. The molecule has 1 N–H and O–H groups in total. The smallest absolute Gasteiger partial charge is 0.318 e. The average Bonchev–Trinajstić information content (AvgIpc) is 3.09. The van der Waals surface area contributed by atoms with E-state index in [1.54, 1.807) is 0 Å². The first-order valence-corrected chi connectivity index (χ1v) is 9.29. The van der Waals surface area contributed by atoms with Crippen LogP contribution in [0.25, 0.3) is 0 Å².